The summed E-state index contributed by atoms with van der Waals surface area (Å²) < 4.78 is 13.3. The molecule has 0 aliphatic carbocycles. The van der Waals surface area contributed by atoms with Gasteiger partial charge in [-0.3, -0.25) is 4.79 Å². The average Bonchev–Trinajstić information content (AvgIpc) is 2.83. The van der Waals surface area contributed by atoms with Gasteiger partial charge in [-0.1, -0.05) is 42.8 Å². The molecule has 1 aromatic heterocycles. The number of carbonyl (C=O) groups is 1. The van der Waals surface area contributed by atoms with Gasteiger partial charge in [-0.2, -0.15) is 0 Å². The van der Waals surface area contributed by atoms with E-state index in [4.69, 9.17) is 0 Å². The zero-order valence-corrected chi connectivity index (χ0v) is 19.4. The Labute approximate surface area is 198 Å². The van der Waals surface area contributed by atoms with Crippen molar-refractivity contribution < 1.29 is 9.18 Å². The Morgan fingerprint density at radius 1 is 1.00 bits per heavy atom. The highest BCUT2D eigenvalue weighted by molar-refractivity contribution is 5.89. The van der Waals surface area contributed by atoms with Crippen molar-refractivity contribution in [3.8, 4) is 0 Å². The molecule has 3 aromatic carbocycles. The second-order valence-corrected chi connectivity index (χ2v) is 8.50. The molecule has 0 aliphatic rings. The molecule has 4 rings (SSSR count). The van der Waals surface area contributed by atoms with Crippen LogP contribution < -0.4 is 10.9 Å². The van der Waals surface area contributed by atoms with Gasteiger partial charge in [0, 0.05) is 23.3 Å². The lowest BCUT2D eigenvalue weighted by Gasteiger charge is -2.23. The number of amides is 2. The third kappa shape index (κ3) is 5.70. The highest BCUT2D eigenvalue weighted by Gasteiger charge is 2.17. The Hall–Kier alpha value is -3.93. The molecule has 0 fully saturated rings. The molecule has 6 heteroatoms. The van der Waals surface area contributed by atoms with Crippen molar-refractivity contribution >= 4 is 22.6 Å². The number of urea groups is 1. The van der Waals surface area contributed by atoms with Crippen LogP contribution in [0.5, 0.6) is 0 Å². The quantitative estimate of drug-likeness (QED) is 0.368. The number of aromatic amines is 1. The van der Waals surface area contributed by atoms with Crippen molar-refractivity contribution in [3.05, 3.63) is 111 Å². The van der Waals surface area contributed by atoms with E-state index >= 15 is 0 Å². The minimum atomic E-state index is -0.372. The molecule has 4 aromatic rings. The summed E-state index contributed by atoms with van der Waals surface area (Å²) in [6.45, 7) is 4.69. The molecule has 0 spiro atoms. The number of carbonyl (C=O) groups excluding carboxylic acids is 1. The summed E-state index contributed by atoms with van der Waals surface area (Å²) in [6, 6.07) is 21.3. The monoisotopic (exact) mass is 457 g/mol. The number of hydrogen-bond acceptors (Lipinski definition) is 2. The topological polar surface area (TPSA) is 65.2 Å². The van der Waals surface area contributed by atoms with Crippen LogP contribution in [0.15, 0.2) is 77.6 Å². The molecular weight excluding hydrogens is 429 g/mol. The molecule has 2 amide bonds. The second-order valence-electron chi connectivity index (χ2n) is 8.50. The molecule has 0 unspecified atom stereocenters. The van der Waals surface area contributed by atoms with Crippen LogP contribution in [-0.2, 0) is 19.4 Å². The first-order chi connectivity index (χ1) is 16.4. The first-order valence-electron chi connectivity index (χ1n) is 11.4. The Morgan fingerprint density at radius 3 is 2.53 bits per heavy atom. The maximum atomic E-state index is 13.3. The van der Waals surface area contributed by atoms with Crippen LogP contribution in [-0.4, -0.2) is 22.5 Å². The molecule has 0 saturated heterocycles. The maximum Gasteiger partial charge on any atom is 0.322 e. The third-order valence-electron chi connectivity index (χ3n) is 5.89. The molecule has 174 valence electrons. The van der Waals surface area contributed by atoms with E-state index in [0.29, 0.717) is 24.2 Å². The Kier molecular flexibility index (Phi) is 7.07. The molecule has 5 nitrogen and oxygen atoms in total. The number of fused-ring (bicyclic) bond motifs is 1. The number of nitrogens with zero attached hydrogens (tertiary/aromatic N) is 1. The van der Waals surface area contributed by atoms with Crippen LogP contribution >= 0.6 is 0 Å². The van der Waals surface area contributed by atoms with Crippen molar-refractivity contribution in [1.29, 1.82) is 0 Å². The van der Waals surface area contributed by atoms with E-state index in [0.717, 1.165) is 28.5 Å². The zero-order chi connectivity index (χ0) is 24.1. The lowest BCUT2D eigenvalue weighted by Crippen LogP contribution is -2.37. The zero-order valence-electron chi connectivity index (χ0n) is 19.4. The van der Waals surface area contributed by atoms with Gasteiger partial charge in [0.15, 0.2) is 0 Å². The lowest BCUT2D eigenvalue weighted by atomic mass is 10.1. The Bertz CT molecular complexity index is 1360. The number of nitrogens with one attached hydrogen (secondary N) is 2. The van der Waals surface area contributed by atoms with Crippen molar-refractivity contribution in [2.45, 2.75) is 33.2 Å². The molecule has 0 atom stereocenters. The summed E-state index contributed by atoms with van der Waals surface area (Å²) in [6.07, 6.45) is 1.54. The van der Waals surface area contributed by atoms with Crippen molar-refractivity contribution in [2.24, 2.45) is 0 Å². The molecule has 34 heavy (non-hydrogen) atoms. The van der Waals surface area contributed by atoms with E-state index in [9.17, 15) is 14.0 Å². The van der Waals surface area contributed by atoms with Gasteiger partial charge in [0.05, 0.1) is 6.54 Å². The van der Waals surface area contributed by atoms with E-state index < -0.39 is 0 Å². The minimum Gasteiger partial charge on any atom is -0.322 e. The van der Waals surface area contributed by atoms with E-state index in [-0.39, 0.29) is 24.0 Å². The third-order valence-corrected chi connectivity index (χ3v) is 5.89. The van der Waals surface area contributed by atoms with Crippen molar-refractivity contribution in [1.82, 2.24) is 9.88 Å². The number of H-pyrrole nitrogens is 1. The highest BCUT2D eigenvalue weighted by Crippen LogP contribution is 2.17. The summed E-state index contributed by atoms with van der Waals surface area (Å²) in [5, 5.41) is 3.76. The van der Waals surface area contributed by atoms with Crippen LogP contribution in [0.25, 0.3) is 10.9 Å². The number of rotatable bonds is 7. The van der Waals surface area contributed by atoms with E-state index in [1.165, 1.54) is 29.8 Å². The normalized spacial score (nSPS) is 10.9. The SMILES string of the molecule is CCc1ccc2[nH]c(=O)c(CN(CCc3cccc(C)c3)C(=O)Nc3ccc(F)cc3)cc2c1. The fourth-order valence-electron chi connectivity index (χ4n) is 3.96. The number of anilines is 1. The van der Waals surface area contributed by atoms with Gasteiger partial charge in [0.2, 0.25) is 0 Å². The second kappa shape index (κ2) is 10.3. The minimum absolute atomic E-state index is 0.153. The van der Waals surface area contributed by atoms with Gasteiger partial charge in [-0.15, -0.1) is 0 Å². The maximum absolute atomic E-state index is 13.3. The van der Waals surface area contributed by atoms with Crippen LogP contribution in [0.4, 0.5) is 14.9 Å². The van der Waals surface area contributed by atoms with E-state index in [1.54, 1.807) is 4.90 Å². The van der Waals surface area contributed by atoms with Crippen molar-refractivity contribution in [3.63, 3.8) is 0 Å². The van der Waals surface area contributed by atoms with Gasteiger partial charge in [0.25, 0.3) is 5.56 Å². The molecular formula is C28H28FN3O2. The summed E-state index contributed by atoms with van der Waals surface area (Å²) >= 11 is 0. The number of aromatic nitrogens is 1. The van der Waals surface area contributed by atoms with E-state index in [1.807, 2.05) is 43.3 Å². The fourth-order valence-corrected chi connectivity index (χ4v) is 3.96. The van der Waals surface area contributed by atoms with Gasteiger partial charge >= 0.3 is 6.03 Å². The highest BCUT2D eigenvalue weighted by atomic mass is 19.1. The van der Waals surface area contributed by atoms with Crippen LogP contribution in [0.3, 0.4) is 0 Å². The Balaban J connectivity index is 1.61. The molecule has 0 saturated carbocycles. The standard InChI is InChI=1S/C28H28FN3O2/c1-3-20-7-12-26-22(16-20)17-23(27(33)31-26)18-32(14-13-21-6-4-5-19(2)15-21)28(34)30-25-10-8-24(29)9-11-25/h4-12,15-17H,3,13-14,18H2,1-2H3,(H,30,34)(H,31,33). The lowest BCUT2D eigenvalue weighted by molar-refractivity contribution is 0.209. The van der Waals surface area contributed by atoms with E-state index in [2.05, 4.69) is 29.4 Å². The smallest absolute Gasteiger partial charge is 0.322 e. The Morgan fingerprint density at radius 2 is 1.79 bits per heavy atom. The number of aryl methyl sites for hydroxylation is 2. The number of hydrogen-bond donors (Lipinski definition) is 2. The first kappa shape index (κ1) is 23.2. The summed E-state index contributed by atoms with van der Waals surface area (Å²) in [7, 11) is 0. The predicted octanol–water partition coefficient (Wildman–Crippen LogP) is 5.81. The molecule has 0 aliphatic heterocycles. The van der Waals surface area contributed by atoms with Crippen LogP contribution in [0.1, 0.15) is 29.2 Å². The summed E-state index contributed by atoms with van der Waals surface area (Å²) in [5.41, 5.74) is 5.00. The fraction of sp³-hybridized carbons (Fsp3) is 0.214. The molecule has 0 bridgehead atoms. The molecule has 0 radical (unpaired) electrons. The van der Waals surface area contributed by atoms with Crippen LogP contribution in [0.2, 0.25) is 0 Å². The molecule has 2 N–H and O–H groups in total. The van der Waals surface area contributed by atoms with Gasteiger partial charge < -0.3 is 15.2 Å². The number of benzene rings is 3. The van der Waals surface area contributed by atoms with Crippen molar-refractivity contribution in [2.75, 3.05) is 11.9 Å². The first-order valence-corrected chi connectivity index (χ1v) is 11.4. The summed E-state index contributed by atoms with van der Waals surface area (Å²) in [4.78, 5) is 30.5. The average molecular weight is 458 g/mol. The van der Waals surface area contributed by atoms with Gasteiger partial charge in [0.1, 0.15) is 5.82 Å². The number of pyridine rings is 1. The predicted molar refractivity (Wildman–Crippen MR) is 135 cm³/mol. The number of halogens is 1. The largest absolute Gasteiger partial charge is 0.322 e. The summed E-state index contributed by atoms with van der Waals surface area (Å²) in [5.74, 6) is -0.372. The molecule has 1 heterocycles. The van der Waals surface area contributed by atoms with Gasteiger partial charge in [-0.25, -0.2) is 9.18 Å². The van der Waals surface area contributed by atoms with Crippen LogP contribution in [0, 0.1) is 12.7 Å². The van der Waals surface area contributed by atoms with Gasteiger partial charge in [-0.05, 0) is 78.7 Å².